The molecule has 0 aromatic carbocycles. The van der Waals surface area contributed by atoms with Crippen molar-refractivity contribution in [3.63, 3.8) is 0 Å². The van der Waals surface area contributed by atoms with Crippen LogP contribution >= 0.6 is 0 Å². The number of urea groups is 1. The maximum atomic E-state index is 12.4. The maximum absolute atomic E-state index is 12.4. The molecule has 2 N–H and O–H groups in total. The highest BCUT2D eigenvalue weighted by atomic mass is 16.3. The van der Waals surface area contributed by atoms with Gasteiger partial charge in [-0.1, -0.05) is 0 Å². The summed E-state index contributed by atoms with van der Waals surface area (Å²) in [4.78, 5) is 39.6. The predicted molar refractivity (Wildman–Crippen MR) is 89.4 cm³/mol. The number of amides is 4. The van der Waals surface area contributed by atoms with E-state index in [-0.39, 0.29) is 30.3 Å². The summed E-state index contributed by atoms with van der Waals surface area (Å²) in [5.74, 6) is 0.410. The molecule has 0 radical (unpaired) electrons. The zero-order chi connectivity index (χ0) is 18.0. The third-order valence-electron chi connectivity index (χ3n) is 5.15. The van der Waals surface area contributed by atoms with Gasteiger partial charge in [0.1, 0.15) is 11.3 Å². The molecule has 0 spiro atoms. The van der Waals surface area contributed by atoms with Crippen LogP contribution in [0.25, 0.3) is 0 Å². The second kappa shape index (κ2) is 6.87. The summed E-state index contributed by atoms with van der Waals surface area (Å²) < 4.78 is 5.19. The molecule has 2 unspecified atom stereocenters. The van der Waals surface area contributed by atoms with Crippen LogP contribution in [-0.2, 0) is 16.1 Å². The van der Waals surface area contributed by atoms with Crippen molar-refractivity contribution in [2.45, 2.75) is 31.8 Å². The first kappa shape index (κ1) is 17.5. The normalized spacial score (nSPS) is 27.4. The van der Waals surface area contributed by atoms with Crippen molar-refractivity contribution >= 4 is 17.8 Å². The van der Waals surface area contributed by atoms with E-state index in [0.29, 0.717) is 18.8 Å². The van der Waals surface area contributed by atoms with Crippen molar-refractivity contribution in [3.8, 4) is 0 Å². The molecule has 136 valence electrons. The van der Waals surface area contributed by atoms with Crippen LogP contribution in [0.15, 0.2) is 22.8 Å². The van der Waals surface area contributed by atoms with Gasteiger partial charge in [0.25, 0.3) is 5.91 Å². The smallest absolute Gasteiger partial charge is 0.324 e. The monoisotopic (exact) mass is 348 g/mol. The Bertz CT molecular complexity index is 660. The van der Waals surface area contributed by atoms with E-state index < -0.39 is 5.54 Å². The highest BCUT2D eigenvalue weighted by Crippen LogP contribution is 2.31. The number of carbonyl (C=O) groups is 3. The first-order chi connectivity index (χ1) is 11.9. The van der Waals surface area contributed by atoms with E-state index in [1.54, 1.807) is 19.3 Å². The van der Waals surface area contributed by atoms with Gasteiger partial charge in [-0.25, -0.2) is 4.79 Å². The Balaban J connectivity index is 1.55. The van der Waals surface area contributed by atoms with Gasteiger partial charge >= 0.3 is 6.03 Å². The van der Waals surface area contributed by atoms with Gasteiger partial charge < -0.3 is 15.1 Å². The van der Waals surface area contributed by atoms with Crippen molar-refractivity contribution in [2.24, 2.45) is 5.92 Å². The molecule has 3 rings (SSSR count). The van der Waals surface area contributed by atoms with Crippen LogP contribution in [0.2, 0.25) is 0 Å². The van der Waals surface area contributed by atoms with E-state index in [1.165, 1.54) is 7.05 Å². The topological polar surface area (TPSA) is 94.9 Å². The molecule has 2 aliphatic heterocycles. The maximum Gasteiger partial charge on any atom is 0.324 e. The van der Waals surface area contributed by atoms with Gasteiger partial charge in [0, 0.05) is 19.5 Å². The fourth-order valence-corrected chi connectivity index (χ4v) is 3.61. The SMILES string of the molecule is CN1C(=O)NC(C)(C2CCCN(CC(=O)NCc3ccco3)C2)C1=O. The molecule has 2 saturated heterocycles. The molecule has 1 aromatic rings. The van der Waals surface area contributed by atoms with Crippen molar-refractivity contribution in [1.29, 1.82) is 0 Å². The predicted octanol–water partition coefficient (Wildman–Crippen LogP) is 0.548. The van der Waals surface area contributed by atoms with E-state index in [1.807, 2.05) is 11.0 Å². The zero-order valence-electron chi connectivity index (χ0n) is 14.6. The average Bonchev–Trinajstić information content (AvgIpc) is 3.18. The number of rotatable bonds is 5. The van der Waals surface area contributed by atoms with Crippen LogP contribution in [-0.4, -0.2) is 59.9 Å². The number of nitrogens with zero attached hydrogens (tertiary/aromatic N) is 2. The number of imide groups is 1. The fourth-order valence-electron chi connectivity index (χ4n) is 3.61. The summed E-state index contributed by atoms with van der Waals surface area (Å²) in [6.07, 6.45) is 3.31. The van der Waals surface area contributed by atoms with Gasteiger partial charge in [-0.15, -0.1) is 0 Å². The Morgan fingerprint density at radius 1 is 1.48 bits per heavy atom. The molecule has 25 heavy (non-hydrogen) atoms. The van der Waals surface area contributed by atoms with Gasteiger partial charge in [0.2, 0.25) is 5.91 Å². The van der Waals surface area contributed by atoms with Gasteiger partial charge in [0.05, 0.1) is 19.4 Å². The first-order valence-electron chi connectivity index (χ1n) is 8.52. The minimum absolute atomic E-state index is 0.0134. The van der Waals surface area contributed by atoms with Crippen molar-refractivity contribution in [3.05, 3.63) is 24.2 Å². The van der Waals surface area contributed by atoms with E-state index in [4.69, 9.17) is 4.42 Å². The highest BCUT2D eigenvalue weighted by Gasteiger charge is 2.51. The molecule has 2 atom stereocenters. The molecule has 8 nitrogen and oxygen atoms in total. The summed E-state index contributed by atoms with van der Waals surface area (Å²) in [6.45, 7) is 3.82. The number of likely N-dealkylation sites (tertiary alicyclic amines) is 1. The molecule has 8 heteroatoms. The lowest BCUT2D eigenvalue weighted by Gasteiger charge is -2.39. The molecule has 1 aromatic heterocycles. The minimum Gasteiger partial charge on any atom is -0.467 e. The Hall–Kier alpha value is -2.35. The lowest BCUT2D eigenvalue weighted by Crippen LogP contribution is -2.56. The van der Waals surface area contributed by atoms with E-state index in [2.05, 4.69) is 10.6 Å². The molecule has 4 amide bonds. The van der Waals surface area contributed by atoms with Gasteiger partial charge in [-0.05, 0) is 38.4 Å². The minimum atomic E-state index is -0.894. The second-order valence-electron chi connectivity index (χ2n) is 6.93. The van der Waals surface area contributed by atoms with Crippen LogP contribution in [0, 0.1) is 5.92 Å². The lowest BCUT2D eigenvalue weighted by molar-refractivity contribution is -0.132. The van der Waals surface area contributed by atoms with Gasteiger partial charge in [0.15, 0.2) is 0 Å². The third kappa shape index (κ3) is 3.53. The number of hydrogen-bond donors (Lipinski definition) is 2. The first-order valence-corrected chi connectivity index (χ1v) is 8.52. The third-order valence-corrected chi connectivity index (χ3v) is 5.15. The zero-order valence-corrected chi connectivity index (χ0v) is 14.6. The van der Waals surface area contributed by atoms with Crippen LogP contribution in [0.5, 0.6) is 0 Å². The summed E-state index contributed by atoms with van der Waals surface area (Å²) in [5, 5.41) is 5.64. The number of hydrogen-bond acceptors (Lipinski definition) is 5. The molecule has 2 fully saturated rings. The highest BCUT2D eigenvalue weighted by molar-refractivity contribution is 6.06. The van der Waals surface area contributed by atoms with Crippen LogP contribution in [0.4, 0.5) is 4.79 Å². The van der Waals surface area contributed by atoms with Gasteiger partial charge in [-0.3, -0.25) is 19.4 Å². The molecule has 0 aliphatic carbocycles. The number of piperidine rings is 1. The van der Waals surface area contributed by atoms with E-state index in [0.717, 1.165) is 24.3 Å². The molecule has 2 aliphatic rings. The quantitative estimate of drug-likeness (QED) is 0.758. The van der Waals surface area contributed by atoms with Crippen molar-refractivity contribution < 1.29 is 18.8 Å². The Morgan fingerprint density at radius 3 is 2.92 bits per heavy atom. The number of furan rings is 1. The Labute approximate surface area is 146 Å². The Kier molecular flexibility index (Phi) is 4.80. The standard InChI is InChI=1S/C17H24N4O4/c1-17(15(23)20(2)16(24)19-17)12-5-3-7-21(10-12)11-14(22)18-9-13-6-4-8-25-13/h4,6,8,12H,3,5,7,9-11H2,1-2H3,(H,18,22)(H,19,24). The molecule has 0 bridgehead atoms. The molecular weight excluding hydrogens is 324 g/mol. The van der Waals surface area contributed by atoms with Crippen LogP contribution in [0.3, 0.4) is 0 Å². The number of likely N-dealkylation sites (N-methyl/N-ethyl adjacent to an activating group) is 1. The van der Waals surface area contributed by atoms with E-state index >= 15 is 0 Å². The molecule has 3 heterocycles. The lowest BCUT2D eigenvalue weighted by atomic mass is 9.80. The van der Waals surface area contributed by atoms with Crippen molar-refractivity contribution in [1.82, 2.24) is 20.4 Å². The number of nitrogens with one attached hydrogen (secondary N) is 2. The molecular formula is C17H24N4O4. The summed E-state index contributed by atoms with van der Waals surface area (Å²) >= 11 is 0. The number of carbonyl (C=O) groups excluding carboxylic acids is 3. The largest absolute Gasteiger partial charge is 0.467 e. The second-order valence-corrected chi connectivity index (χ2v) is 6.93. The van der Waals surface area contributed by atoms with Crippen LogP contribution in [0.1, 0.15) is 25.5 Å². The van der Waals surface area contributed by atoms with Gasteiger partial charge in [-0.2, -0.15) is 0 Å². The summed E-state index contributed by atoms with van der Waals surface area (Å²) in [7, 11) is 1.49. The summed E-state index contributed by atoms with van der Waals surface area (Å²) in [5.41, 5.74) is -0.894. The Morgan fingerprint density at radius 2 is 2.28 bits per heavy atom. The average molecular weight is 348 g/mol. The summed E-state index contributed by atoms with van der Waals surface area (Å²) in [6, 6.07) is 3.23. The fraction of sp³-hybridized carbons (Fsp3) is 0.588. The molecule has 0 saturated carbocycles. The van der Waals surface area contributed by atoms with Crippen LogP contribution < -0.4 is 10.6 Å². The van der Waals surface area contributed by atoms with Crippen molar-refractivity contribution in [2.75, 3.05) is 26.7 Å². The van der Waals surface area contributed by atoms with E-state index in [9.17, 15) is 14.4 Å².